The van der Waals surface area contributed by atoms with Crippen LogP contribution in [0.4, 0.5) is 16.3 Å². The average Bonchev–Trinajstić information content (AvgIpc) is 2.96. The molecule has 0 saturated carbocycles. The normalized spacial score (nSPS) is 11.5. The third kappa shape index (κ3) is 5.82. The van der Waals surface area contributed by atoms with E-state index in [0.29, 0.717) is 11.5 Å². The van der Waals surface area contributed by atoms with Crippen molar-refractivity contribution in [3.05, 3.63) is 41.1 Å². The molecule has 0 bridgehead atoms. The third-order valence-corrected chi connectivity index (χ3v) is 4.87. The van der Waals surface area contributed by atoms with Gasteiger partial charge in [0.1, 0.15) is 12.4 Å². The second kappa shape index (κ2) is 8.68. The number of benzene rings is 1. The van der Waals surface area contributed by atoms with Crippen molar-refractivity contribution in [3.63, 3.8) is 0 Å². The summed E-state index contributed by atoms with van der Waals surface area (Å²) in [7, 11) is 1.79. The lowest BCUT2D eigenvalue weighted by Gasteiger charge is -2.26. The van der Waals surface area contributed by atoms with Crippen molar-refractivity contribution in [1.82, 2.24) is 14.7 Å². The summed E-state index contributed by atoms with van der Waals surface area (Å²) >= 11 is 0. The second-order valence-electron chi connectivity index (χ2n) is 8.79. The molecule has 0 atom stereocenters. The SMILES string of the molecule is Cc1ccc(NC(=O)N(CC(=O)Nc2cc(C(C)(C)C)nn2C)C(C)C)cc1C. The Morgan fingerprint density at radius 3 is 2.28 bits per heavy atom. The van der Waals surface area contributed by atoms with Crippen LogP contribution in [0.3, 0.4) is 0 Å². The van der Waals surface area contributed by atoms with Crippen molar-refractivity contribution < 1.29 is 9.59 Å². The van der Waals surface area contributed by atoms with E-state index in [4.69, 9.17) is 0 Å². The van der Waals surface area contributed by atoms with E-state index in [2.05, 4.69) is 36.5 Å². The molecular formula is C22H33N5O2. The van der Waals surface area contributed by atoms with E-state index in [1.165, 1.54) is 4.90 Å². The number of hydrogen-bond donors (Lipinski definition) is 2. The summed E-state index contributed by atoms with van der Waals surface area (Å²) in [5.74, 6) is 0.343. The molecule has 0 aliphatic carbocycles. The summed E-state index contributed by atoms with van der Waals surface area (Å²) in [6, 6.07) is 7.18. The molecule has 29 heavy (non-hydrogen) atoms. The Kier molecular flexibility index (Phi) is 6.72. The van der Waals surface area contributed by atoms with E-state index in [1.54, 1.807) is 11.7 Å². The van der Waals surface area contributed by atoms with Crippen LogP contribution in [-0.4, -0.2) is 39.2 Å². The van der Waals surface area contributed by atoms with Gasteiger partial charge in [-0.05, 0) is 51.0 Å². The van der Waals surface area contributed by atoms with Crippen molar-refractivity contribution in [1.29, 1.82) is 0 Å². The van der Waals surface area contributed by atoms with Crippen LogP contribution in [0.25, 0.3) is 0 Å². The topological polar surface area (TPSA) is 79.3 Å². The Bertz CT molecular complexity index is 893. The number of anilines is 2. The van der Waals surface area contributed by atoms with Crippen LogP contribution in [0, 0.1) is 13.8 Å². The van der Waals surface area contributed by atoms with Crippen LogP contribution in [0.15, 0.2) is 24.3 Å². The Hall–Kier alpha value is -2.83. The van der Waals surface area contributed by atoms with Gasteiger partial charge < -0.3 is 15.5 Å². The number of carbonyl (C=O) groups excluding carboxylic acids is 2. The number of nitrogens with one attached hydrogen (secondary N) is 2. The summed E-state index contributed by atoms with van der Waals surface area (Å²) < 4.78 is 1.65. The lowest BCUT2D eigenvalue weighted by Crippen LogP contribution is -2.44. The Labute approximate surface area is 173 Å². The van der Waals surface area contributed by atoms with Crippen LogP contribution in [0.2, 0.25) is 0 Å². The van der Waals surface area contributed by atoms with E-state index < -0.39 is 0 Å². The summed E-state index contributed by atoms with van der Waals surface area (Å²) in [5.41, 5.74) is 3.75. The molecule has 2 aromatic rings. The number of hydrogen-bond acceptors (Lipinski definition) is 3. The molecule has 0 fully saturated rings. The molecule has 158 valence electrons. The molecule has 0 aliphatic rings. The molecule has 2 rings (SSSR count). The summed E-state index contributed by atoms with van der Waals surface area (Å²) in [4.78, 5) is 26.9. The van der Waals surface area contributed by atoms with Gasteiger partial charge in [-0.1, -0.05) is 26.8 Å². The molecule has 0 aliphatic heterocycles. The number of nitrogens with zero attached hydrogens (tertiary/aromatic N) is 3. The van der Waals surface area contributed by atoms with Gasteiger partial charge in [0, 0.05) is 30.3 Å². The molecule has 7 nitrogen and oxygen atoms in total. The molecule has 1 heterocycles. The van der Waals surface area contributed by atoms with Crippen molar-refractivity contribution in [2.45, 2.75) is 59.9 Å². The van der Waals surface area contributed by atoms with Crippen molar-refractivity contribution in [2.24, 2.45) is 7.05 Å². The predicted molar refractivity (Wildman–Crippen MR) is 117 cm³/mol. The van der Waals surface area contributed by atoms with Crippen LogP contribution in [0.5, 0.6) is 0 Å². The molecule has 0 unspecified atom stereocenters. The monoisotopic (exact) mass is 399 g/mol. The van der Waals surface area contributed by atoms with Gasteiger partial charge in [-0.25, -0.2) is 4.79 Å². The number of aromatic nitrogens is 2. The Balaban J connectivity index is 2.07. The number of rotatable bonds is 5. The van der Waals surface area contributed by atoms with Crippen LogP contribution in [-0.2, 0) is 17.3 Å². The molecule has 1 aromatic heterocycles. The quantitative estimate of drug-likeness (QED) is 0.790. The van der Waals surface area contributed by atoms with E-state index in [-0.39, 0.29) is 29.9 Å². The largest absolute Gasteiger partial charge is 0.322 e. The van der Waals surface area contributed by atoms with Crippen LogP contribution >= 0.6 is 0 Å². The maximum atomic E-state index is 12.8. The smallest absolute Gasteiger partial charge is 0.313 e. The van der Waals surface area contributed by atoms with Gasteiger partial charge in [0.05, 0.1) is 5.69 Å². The van der Waals surface area contributed by atoms with E-state index in [1.807, 2.05) is 52.0 Å². The first-order chi connectivity index (χ1) is 13.4. The fourth-order valence-electron chi connectivity index (χ4n) is 2.79. The molecular weight excluding hydrogens is 366 g/mol. The van der Waals surface area contributed by atoms with Crippen molar-refractivity contribution in [2.75, 3.05) is 17.2 Å². The average molecular weight is 400 g/mol. The maximum absolute atomic E-state index is 12.8. The number of aryl methyl sites for hydroxylation is 3. The van der Waals surface area contributed by atoms with Gasteiger partial charge in [0.15, 0.2) is 0 Å². The minimum absolute atomic E-state index is 0.0512. The van der Waals surface area contributed by atoms with E-state index >= 15 is 0 Å². The van der Waals surface area contributed by atoms with Gasteiger partial charge in [0.2, 0.25) is 5.91 Å². The zero-order chi connectivity index (χ0) is 21.9. The first kappa shape index (κ1) is 22.5. The third-order valence-electron chi connectivity index (χ3n) is 4.87. The standard InChI is InChI=1S/C22H33N5O2/c1-14(2)27(21(29)23-17-10-9-15(3)16(4)11-17)13-20(28)24-19-12-18(22(5,6)7)25-26(19)8/h9-12,14H,13H2,1-8H3,(H,23,29)(H,24,28). The minimum atomic E-state index is -0.307. The Morgan fingerprint density at radius 1 is 1.10 bits per heavy atom. The fourth-order valence-corrected chi connectivity index (χ4v) is 2.79. The van der Waals surface area contributed by atoms with Gasteiger partial charge in [0.25, 0.3) is 0 Å². The zero-order valence-corrected chi connectivity index (χ0v) is 18.8. The van der Waals surface area contributed by atoms with E-state index in [0.717, 1.165) is 16.8 Å². The number of carbonyl (C=O) groups is 2. The molecule has 0 spiro atoms. The highest BCUT2D eigenvalue weighted by molar-refractivity contribution is 5.96. The zero-order valence-electron chi connectivity index (χ0n) is 18.8. The summed E-state index contributed by atoms with van der Waals surface area (Å²) in [6.07, 6.45) is 0. The van der Waals surface area contributed by atoms with Gasteiger partial charge in [-0.2, -0.15) is 5.10 Å². The fraction of sp³-hybridized carbons (Fsp3) is 0.500. The minimum Gasteiger partial charge on any atom is -0.313 e. The van der Waals surface area contributed by atoms with Gasteiger partial charge >= 0.3 is 6.03 Å². The van der Waals surface area contributed by atoms with Gasteiger partial charge in [-0.15, -0.1) is 0 Å². The highest BCUT2D eigenvalue weighted by Crippen LogP contribution is 2.23. The van der Waals surface area contributed by atoms with Gasteiger partial charge in [-0.3, -0.25) is 9.48 Å². The number of amides is 3. The predicted octanol–water partition coefficient (Wildman–Crippen LogP) is 4.22. The Morgan fingerprint density at radius 2 is 1.76 bits per heavy atom. The highest BCUT2D eigenvalue weighted by Gasteiger charge is 2.23. The number of urea groups is 1. The second-order valence-corrected chi connectivity index (χ2v) is 8.79. The summed E-state index contributed by atoms with van der Waals surface area (Å²) in [6.45, 7) is 13.9. The van der Waals surface area contributed by atoms with E-state index in [9.17, 15) is 9.59 Å². The molecule has 2 N–H and O–H groups in total. The first-order valence-corrected chi connectivity index (χ1v) is 9.87. The molecule has 7 heteroatoms. The van der Waals surface area contributed by atoms with Crippen LogP contribution in [0.1, 0.15) is 51.4 Å². The molecule has 0 saturated heterocycles. The van der Waals surface area contributed by atoms with Crippen molar-refractivity contribution in [3.8, 4) is 0 Å². The lowest BCUT2D eigenvalue weighted by atomic mass is 9.92. The first-order valence-electron chi connectivity index (χ1n) is 9.87. The summed E-state index contributed by atoms with van der Waals surface area (Å²) in [5, 5.41) is 10.2. The molecule has 3 amide bonds. The van der Waals surface area contributed by atoms with Crippen molar-refractivity contribution >= 4 is 23.4 Å². The lowest BCUT2D eigenvalue weighted by molar-refractivity contribution is -0.117. The maximum Gasteiger partial charge on any atom is 0.322 e. The highest BCUT2D eigenvalue weighted by atomic mass is 16.2. The molecule has 0 radical (unpaired) electrons. The van der Waals surface area contributed by atoms with Crippen LogP contribution < -0.4 is 10.6 Å². The molecule has 1 aromatic carbocycles.